The number of nitrogen functional groups attached to an aromatic ring is 1. The summed E-state index contributed by atoms with van der Waals surface area (Å²) >= 11 is 0. The van der Waals surface area contributed by atoms with E-state index in [2.05, 4.69) is 6.92 Å². The molecule has 5 heteroatoms. The Morgan fingerprint density at radius 3 is 2.52 bits per heavy atom. The molecule has 0 aliphatic carbocycles. The number of ether oxygens (including phenoxy) is 1. The lowest BCUT2D eigenvalue weighted by Crippen LogP contribution is -2.24. The van der Waals surface area contributed by atoms with Gasteiger partial charge in [-0.05, 0) is 12.5 Å². The summed E-state index contributed by atoms with van der Waals surface area (Å²) in [4.78, 5) is 23.1. The van der Waals surface area contributed by atoms with Gasteiger partial charge in [-0.2, -0.15) is 0 Å². The predicted octanol–water partition coefficient (Wildman–Crippen LogP) is 2.72. The zero-order valence-electron chi connectivity index (χ0n) is 12.8. The molecule has 0 radical (unpaired) electrons. The first-order chi connectivity index (χ1) is 10.1. The van der Waals surface area contributed by atoms with Gasteiger partial charge < -0.3 is 15.0 Å². The van der Waals surface area contributed by atoms with Crippen molar-refractivity contribution >= 4 is 11.7 Å². The van der Waals surface area contributed by atoms with E-state index in [0.717, 1.165) is 12.8 Å². The van der Waals surface area contributed by atoms with E-state index in [0.29, 0.717) is 12.3 Å². The minimum Gasteiger partial charge on any atom is -0.464 e. The zero-order chi connectivity index (χ0) is 15.5. The van der Waals surface area contributed by atoms with Gasteiger partial charge in [-0.15, -0.1) is 0 Å². The highest BCUT2D eigenvalue weighted by Crippen LogP contribution is 2.07. The number of rotatable bonds is 10. The molecule has 5 nitrogen and oxygen atoms in total. The van der Waals surface area contributed by atoms with Crippen LogP contribution < -0.4 is 11.3 Å². The van der Waals surface area contributed by atoms with Crippen LogP contribution in [0.5, 0.6) is 0 Å². The molecular formula is C16H26N2O3. The summed E-state index contributed by atoms with van der Waals surface area (Å²) < 4.78 is 6.40. The lowest BCUT2D eigenvalue weighted by molar-refractivity contribution is -0.144. The number of esters is 1. The molecule has 0 aromatic carbocycles. The molecule has 0 amide bonds. The Hall–Kier alpha value is -1.78. The Morgan fingerprint density at radius 1 is 1.14 bits per heavy atom. The maximum Gasteiger partial charge on any atom is 0.326 e. The number of anilines is 1. The summed E-state index contributed by atoms with van der Waals surface area (Å²) in [6.45, 7) is 2.54. The van der Waals surface area contributed by atoms with E-state index < -0.39 is 5.97 Å². The van der Waals surface area contributed by atoms with Crippen LogP contribution in [0.4, 0.5) is 5.69 Å². The third-order valence-corrected chi connectivity index (χ3v) is 3.32. The van der Waals surface area contributed by atoms with Crippen molar-refractivity contribution in [2.24, 2.45) is 0 Å². The highest BCUT2D eigenvalue weighted by Gasteiger charge is 2.05. The number of nitrogens with two attached hydrogens (primary N) is 1. The fourth-order valence-electron chi connectivity index (χ4n) is 2.10. The van der Waals surface area contributed by atoms with Gasteiger partial charge in [-0.1, -0.05) is 45.4 Å². The normalized spacial score (nSPS) is 10.5. The monoisotopic (exact) mass is 294 g/mol. The van der Waals surface area contributed by atoms with Gasteiger partial charge >= 0.3 is 5.97 Å². The molecule has 0 unspecified atom stereocenters. The van der Waals surface area contributed by atoms with Crippen LogP contribution in [0.1, 0.15) is 51.9 Å². The molecule has 1 rings (SSSR count). The Morgan fingerprint density at radius 2 is 1.81 bits per heavy atom. The van der Waals surface area contributed by atoms with E-state index in [1.54, 1.807) is 0 Å². The minimum absolute atomic E-state index is 0.0830. The van der Waals surface area contributed by atoms with Gasteiger partial charge in [0, 0.05) is 18.0 Å². The van der Waals surface area contributed by atoms with Crippen LogP contribution in [0.2, 0.25) is 0 Å². The first kappa shape index (κ1) is 17.3. The fourth-order valence-corrected chi connectivity index (χ4v) is 2.10. The molecule has 0 saturated carbocycles. The van der Waals surface area contributed by atoms with E-state index in [-0.39, 0.29) is 12.1 Å². The van der Waals surface area contributed by atoms with E-state index in [1.165, 1.54) is 55.0 Å². The Kier molecular flexibility index (Phi) is 8.24. The topological polar surface area (TPSA) is 74.3 Å². The smallest absolute Gasteiger partial charge is 0.326 e. The molecule has 0 atom stereocenters. The van der Waals surface area contributed by atoms with Crippen molar-refractivity contribution in [1.82, 2.24) is 4.57 Å². The second-order valence-corrected chi connectivity index (χ2v) is 5.27. The van der Waals surface area contributed by atoms with E-state index in [4.69, 9.17) is 10.5 Å². The summed E-state index contributed by atoms with van der Waals surface area (Å²) in [5, 5.41) is 0. The third kappa shape index (κ3) is 7.54. The molecule has 0 saturated heterocycles. The van der Waals surface area contributed by atoms with Gasteiger partial charge in [-0.25, -0.2) is 0 Å². The second-order valence-electron chi connectivity index (χ2n) is 5.27. The minimum atomic E-state index is -0.395. The van der Waals surface area contributed by atoms with Gasteiger partial charge in [0.25, 0.3) is 5.56 Å². The molecule has 0 aliphatic rings. The molecule has 0 spiro atoms. The van der Waals surface area contributed by atoms with Gasteiger partial charge in [0.1, 0.15) is 6.54 Å². The van der Waals surface area contributed by atoms with Crippen molar-refractivity contribution in [2.45, 2.75) is 58.4 Å². The Balaban J connectivity index is 2.14. The third-order valence-electron chi connectivity index (χ3n) is 3.32. The number of pyridine rings is 1. The van der Waals surface area contributed by atoms with E-state index in [9.17, 15) is 9.59 Å². The molecule has 0 bridgehead atoms. The summed E-state index contributed by atoms with van der Waals surface area (Å²) in [7, 11) is 0. The van der Waals surface area contributed by atoms with Crippen LogP contribution in [0, 0.1) is 0 Å². The summed E-state index contributed by atoms with van der Waals surface area (Å²) in [6, 6.07) is 2.86. The molecule has 0 fully saturated rings. The second kappa shape index (κ2) is 10.0. The van der Waals surface area contributed by atoms with Gasteiger partial charge in [-0.3, -0.25) is 9.59 Å². The Bertz CT molecular complexity index is 483. The van der Waals surface area contributed by atoms with Crippen molar-refractivity contribution in [2.75, 3.05) is 12.3 Å². The molecule has 118 valence electrons. The largest absolute Gasteiger partial charge is 0.464 e. The van der Waals surface area contributed by atoms with Crippen LogP contribution in [0.3, 0.4) is 0 Å². The van der Waals surface area contributed by atoms with E-state index >= 15 is 0 Å². The molecule has 2 N–H and O–H groups in total. The average molecular weight is 294 g/mol. The van der Waals surface area contributed by atoms with Gasteiger partial charge in [0.05, 0.1) is 6.61 Å². The summed E-state index contributed by atoms with van der Waals surface area (Å²) in [6.07, 6.45) is 9.68. The van der Waals surface area contributed by atoms with Crippen molar-refractivity contribution in [3.63, 3.8) is 0 Å². The van der Waals surface area contributed by atoms with Crippen LogP contribution >= 0.6 is 0 Å². The average Bonchev–Trinajstić information content (AvgIpc) is 2.46. The van der Waals surface area contributed by atoms with Crippen molar-refractivity contribution in [3.8, 4) is 0 Å². The number of aromatic nitrogens is 1. The van der Waals surface area contributed by atoms with E-state index in [1.807, 2.05) is 0 Å². The molecular weight excluding hydrogens is 268 g/mol. The number of hydrogen-bond acceptors (Lipinski definition) is 4. The molecule has 0 aliphatic heterocycles. The first-order valence-corrected chi connectivity index (χ1v) is 7.75. The number of hydrogen-bond donors (Lipinski definition) is 1. The number of nitrogens with zero attached hydrogens (tertiary/aromatic N) is 1. The zero-order valence-corrected chi connectivity index (χ0v) is 12.8. The summed E-state index contributed by atoms with van der Waals surface area (Å²) in [5.74, 6) is -0.395. The van der Waals surface area contributed by atoms with Crippen molar-refractivity contribution < 1.29 is 9.53 Å². The number of carbonyl (C=O) groups is 1. The fraction of sp³-hybridized carbons (Fsp3) is 0.625. The van der Waals surface area contributed by atoms with Gasteiger partial charge in [0.2, 0.25) is 0 Å². The first-order valence-electron chi connectivity index (χ1n) is 7.75. The molecule has 1 aromatic heterocycles. The standard InChI is InChI=1S/C16H26N2O3/c1-2-3-4-5-6-7-8-11-21-16(20)13-18-12-14(17)9-10-15(18)19/h9-10,12H,2-8,11,13,17H2,1H3. The van der Waals surface area contributed by atoms with Gasteiger partial charge in [0.15, 0.2) is 0 Å². The van der Waals surface area contributed by atoms with Crippen LogP contribution in [-0.2, 0) is 16.1 Å². The molecule has 1 heterocycles. The van der Waals surface area contributed by atoms with Crippen LogP contribution in [0.15, 0.2) is 23.1 Å². The highest BCUT2D eigenvalue weighted by atomic mass is 16.5. The van der Waals surface area contributed by atoms with Crippen molar-refractivity contribution in [3.05, 3.63) is 28.7 Å². The van der Waals surface area contributed by atoms with Crippen LogP contribution in [0.25, 0.3) is 0 Å². The highest BCUT2D eigenvalue weighted by molar-refractivity contribution is 5.69. The lowest BCUT2D eigenvalue weighted by Gasteiger charge is -2.07. The number of unbranched alkanes of at least 4 members (excludes halogenated alkanes) is 6. The van der Waals surface area contributed by atoms with Crippen molar-refractivity contribution in [1.29, 1.82) is 0 Å². The number of carbonyl (C=O) groups excluding carboxylic acids is 1. The molecule has 1 aromatic rings. The predicted molar refractivity (Wildman–Crippen MR) is 84.1 cm³/mol. The maximum absolute atomic E-state index is 11.6. The molecule has 21 heavy (non-hydrogen) atoms. The summed E-state index contributed by atoms with van der Waals surface area (Å²) in [5.41, 5.74) is 5.78. The Labute approximate surface area is 126 Å². The SMILES string of the molecule is CCCCCCCCCOC(=O)Cn1cc(N)ccc1=O. The van der Waals surface area contributed by atoms with Crippen LogP contribution in [-0.4, -0.2) is 17.1 Å². The quantitative estimate of drug-likeness (QED) is 0.532. The maximum atomic E-state index is 11.6. The lowest BCUT2D eigenvalue weighted by atomic mass is 10.1.